The molecule has 3 N–H and O–H groups in total. The second-order valence-corrected chi connectivity index (χ2v) is 10.8. The van der Waals surface area contributed by atoms with Crippen LogP contribution >= 0.6 is 11.3 Å². The van der Waals surface area contributed by atoms with Gasteiger partial charge in [0.05, 0.1) is 9.77 Å². The van der Waals surface area contributed by atoms with E-state index >= 15 is 0 Å². The molecule has 7 nitrogen and oxygen atoms in total. The lowest BCUT2D eigenvalue weighted by Gasteiger charge is -2.21. The first-order valence-corrected chi connectivity index (χ1v) is 12.0. The van der Waals surface area contributed by atoms with Crippen molar-refractivity contribution in [1.29, 1.82) is 0 Å². The van der Waals surface area contributed by atoms with Crippen LogP contribution in [0.25, 0.3) is 21.0 Å². The number of rotatable bonds is 6. The van der Waals surface area contributed by atoms with Gasteiger partial charge in [0.2, 0.25) is 15.9 Å². The Morgan fingerprint density at radius 2 is 1.68 bits per heavy atom. The van der Waals surface area contributed by atoms with Gasteiger partial charge in [0, 0.05) is 42.6 Å². The number of sulfonamides is 1. The van der Waals surface area contributed by atoms with Gasteiger partial charge in [-0.15, -0.1) is 11.3 Å². The summed E-state index contributed by atoms with van der Waals surface area (Å²) in [7, 11) is -2.00. The molecule has 9 heteroatoms. The Balaban J connectivity index is 2.08. The van der Waals surface area contributed by atoms with Crippen molar-refractivity contribution in [3.63, 3.8) is 0 Å². The summed E-state index contributed by atoms with van der Waals surface area (Å²) in [5.74, 6) is -0.276. The van der Waals surface area contributed by atoms with E-state index in [1.807, 2.05) is 31.3 Å². The van der Waals surface area contributed by atoms with Crippen molar-refractivity contribution in [2.24, 2.45) is 0 Å². The molecule has 3 aromatic rings. The Morgan fingerprint density at radius 1 is 1.03 bits per heavy atom. The Morgan fingerprint density at radius 3 is 2.26 bits per heavy atom. The molecule has 1 heterocycles. The highest BCUT2D eigenvalue weighted by molar-refractivity contribution is 7.89. The molecule has 0 radical (unpaired) electrons. The highest BCUT2D eigenvalue weighted by atomic mass is 32.2. The Labute approximate surface area is 187 Å². The van der Waals surface area contributed by atoms with Crippen LogP contribution in [-0.2, 0) is 14.8 Å². The van der Waals surface area contributed by atoms with Crippen LogP contribution in [-0.4, -0.2) is 31.9 Å². The fourth-order valence-electron chi connectivity index (χ4n) is 2.99. The van der Waals surface area contributed by atoms with Gasteiger partial charge in [-0.2, -0.15) is 0 Å². The standard InChI is InChI=1S/C22H26N4O3S2/c1-14(27)25-17-10-11-18(20(12-17)31(28,29)26-22(2,3)4)21-24-13-19(30-21)15-6-8-16(23-5)9-7-15/h6-13,23,26H,1-5H3,(H,25,27). The lowest BCUT2D eigenvalue weighted by atomic mass is 10.1. The molecule has 0 saturated heterocycles. The number of anilines is 2. The quantitative estimate of drug-likeness (QED) is 0.503. The van der Waals surface area contributed by atoms with Crippen molar-refractivity contribution in [1.82, 2.24) is 9.71 Å². The minimum Gasteiger partial charge on any atom is -0.388 e. The lowest BCUT2D eigenvalue weighted by Crippen LogP contribution is -2.40. The van der Waals surface area contributed by atoms with Gasteiger partial charge in [-0.25, -0.2) is 18.1 Å². The van der Waals surface area contributed by atoms with E-state index in [4.69, 9.17) is 0 Å². The number of hydrogen-bond donors (Lipinski definition) is 3. The van der Waals surface area contributed by atoms with Crippen LogP contribution in [0.15, 0.2) is 53.6 Å². The smallest absolute Gasteiger partial charge is 0.241 e. The van der Waals surface area contributed by atoms with Crippen molar-refractivity contribution in [2.45, 2.75) is 38.1 Å². The molecular formula is C22H26N4O3S2. The summed E-state index contributed by atoms with van der Waals surface area (Å²) in [5.41, 5.74) is 2.22. The van der Waals surface area contributed by atoms with Crippen LogP contribution in [0.2, 0.25) is 0 Å². The monoisotopic (exact) mass is 458 g/mol. The highest BCUT2D eigenvalue weighted by Crippen LogP contribution is 2.37. The van der Waals surface area contributed by atoms with Gasteiger partial charge in [0.15, 0.2) is 0 Å². The van der Waals surface area contributed by atoms with Gasteiger partial charge in [0.1, 0.15) is 5.01 Å². The Hall–Kier alpha value is -2.75. The maximum atomic E-state index is 13.2. The first kappa shape index (κ1) is 22.9. The van der Waals surface area contributed by atoms with Crippen molar-refractivity contribution < 1.29 is 13.2 Å². The van der Waals surface area contributed by atoms with Gasteiger partial charge in [-0.3, -0.25) is 4.79 Å². The molecule has 1 amide bonds. The van der Waals surface area contributed by atoms with E-state index in [-0.39, 0.29) is 10.8 Å². The number of aromatic nitrogens is 1. The fraction of sp³-hybridized carbons (Fsp3) is 0.273. The molecule has 164 valence electrons. The summed E-state index contributed by atoms with van der Waals surface area (Å²) in [6.07, 6.45) is 1.74. The molecular weight excluding hydrogens is 432 g/mol. The molecule has 0 fully saturated rings. The number of carbonyl (C=O) groups excluding carboxylic acids is 1. The van der Waals surface area contributed by atoms with Crippen LogP contribution in [0.4, 0.5) is 11.4 Å². The summed E-state index contributed by atoms with van der Waals surface area (Å²) in [4.78, 5) is 17.0. The minimum absolute atomic E-state index is 0.0695. The molecule has 0 atom stereocenters. The molecule has 0 unspecified atom stereocenters. The Bertz CT molecular complexity index is 1190. The molecule has 0 aliphatic rings. The number of benzene rings is 2. The average Bonchev–Trinajstić information content (AvgIpc) is 3.16. The molecule has 0 aliphatic carbocycles. The van der Waals surface area contributed by atoms with Gasteiger partial charge in [-0.05, 0) is 56.7 Å². The van der Waals surface area contributed by atoms with Gasteiger partial charge in [0.25, 0.3) is 0 Å². The summed E-state index contributed by atoms with van der Waals surface area (Å²) in [6, 6.07) is 12.7. The topological polar surface area (TPSA) is 100 Å². The summed E-state index contributed by atoms with van der Waals surface area (Å²) >= 11 is 1.41. The Kier molecular flexibility index (Phi) is 6.49. The normalized spacial score (nSPS) is 11.9. The molecule has 1 aromatic heterocycles. The second-order valence-electron chi connectivity index (χ2n) is 8.10. The number of nitrogens with one attached hydrogen (secondary N) is 3. The third kappa shape index (κ3) is 5.69. The molecule has 31 heavy (non-hydrogen) atoms. The van der Waals surface area contributed by atoms with Crippen LogP contribution < -0.4 is 15.4 Å². The molecule has 0 spiro atoms. The van der Waals surface area contributed by atoms with Crippen LogP contribution in [0, 0.1) is 0 Å². The highest BCUT2D eigenvalue weighted by Gasteiger charge is 2.26. The predicted molar refractivity (Wildman–Crippen MR) is 127 cm³/mol. The maximum absolute atomic E-state index is 13.2. The van der Waals surface area contributed by atoms with E-state index in [0.29, 0.717) is 16.3 Å². The zero-order valence-corrected chi connectivity index (χ0v) is 19.7. The van der Waals surface area contributed by atoms with Crippen molar-refractivity contribution in [2.75, 3.05) is 17.7 Å². The van der Waals surface area contributed by atoms with Crippen molar-refractivity contribution in [3.05, 3.63) is 48.7 Å². The zero-order valence-electron chi connectivity index (χ0n) is 18.1. The third-order valence-corrected chi connectivity index (χ3v) is 7.10. The minimum atomic E-state index is -3.86. The summed E-state index contributed by atoms with van der Waals surface area (Å²) in [5, 5.41) is 6.31. The van der Waals surface area contributed by atoms with E-state index in [1.54, 1.807) is 39.1 Å². The van der Waals surface area contributed by atoms with Crippen molar-refractivity contribution >= 4 is 38.6 Å². The fourth-order valence-corrected chi connectivity index (χ4v) is 5.67. The van der Waals surface area contributed by atoms with Crippen LogP contribution in [0.1, 0.15) is 27.7 Å². The van der Waals surface area contributed by atoms with Gasteiger partial charge < -0.3 is 10.6 Å². The third-order valence-electron chi connectivity index (χ3n) is 4.23. The van der Waals surface area contributed by atoms with Crippen molar-refractivity contribution in [3.8, 4) is 21.0 Å². The lowest BCUT2D eigenvalue weighted by molar-refractivity contribution is -0.114. The van der Waals surface area contributed by atoms with Crippen LogP contribution in [0.3, 0.4) is 0 Å². The number of nitrogens with zero attached hydrogens (tertiary/aromatic N) is 1. The first-order chi connectivity index (χ1) is 14.5. The van der Waals surface area contributed by atoms with E-state index in [0.717, 1.165) is 16.1 Å². The SMILES string of the molecule is CNc1ccc(-c2cnc(-c3ccc(NC(C)=O)cc3S(=O)(=O)NC(C)(C)C)s2)cc1. The predicted octanol–water partition coefficient (Wildman–Crippen LogP) is 4.55. The number of carbonyl (C=O) groups is 1. The number of thiazole rings is 1. The number of hydrogen-bond acceptors (Lipinski definition) is 6. The molecule has 2 aromatic carbocycles. The van der Waals surface area contributed by atoms with E-state index in [2.05, 4.69) is 20.3 Å². The summed E-state index contributed by atoms with van der Waals surface area (Å²) in [6.45, 7) is 6.70. The van der Waals surface area contributed by atoms with Gasteiger partial charge in [-0.1, -0.05) is 12.1 Å². The molecule has 3 rings (SSSR count). The van der Waals surface area contributed by atoms with E-state index in [9.17, 15) is 13.2 Å². The molecule has 0 bridgehead atoms. The average molecular weight is 459 g/mol. The molecule has 0 saturated carbocycles. The number of amides is 1. The van der Waals surface area contributed by atoms with E-state index in [1.165, 1.54) is 24.3 Å². The zero-order chi connectivity index (χ0) is 22.8. The van der Waals surface area contributed by atoms with E-state index < -0.39 is 15.6 Å². The molecule has 0 aliphatic heterocycles. The van der Waals surface area contributed by atoms with Gasteiger partial charge >= 0.3 is 0 Å². The second kappa shape index (κ2) is 8.78. The maximum Gasteiger partial charge on any atom is 0.241 e. The summed E-state index contributed by atoms with van der Waals surface area (Å²) < 4.78 is 29.0. The largest absolute Gasteiger partial charge is 0.388 e. The first-order valence-electron chi connectivity index (χ1n) is 9.68. The van der Waals surface area contributed by atoms with Crippen LogP contribution in [0.5, 0.6) is 0 Å².